The molecular formula is C19H22BrCl2F3N2O2. The molecule has 1 aliphatic heterocycles. The molecule has 1 unspecified atom stereocenters. The third kappa shape index (κ3) is 7.22. The Morgan fingerprint density at radius 2 is 1.52 bits per heavy atom. The van der Waals surface area contributed by atoms with Crippen LogP contribution >= 0.6 is 40.7 Å². The van der Waals surface area contributed by atoms with E-state index in [1.54, 1.807) is 12.1 Å². The Morgan fingerprint density at radius 3 is 2.07 bits per heavy atom. The van der Waals surface area contributed by atoms with Crippen LogP contribution in [-0.4, -0.2) is 55.4 Å². The van der Waals surface area contributed by atoms with Gasteiger partial charge in [0.05, 0.1) is 0 Å². The summed E-state index contributed by atoms with van der Waals surface area (Å²) < 4.78 is 45.9. The summed E-state index contributed by atoms with van der Waals surface area (Å²) in [5.41, 5.74) is 0.959. The SMILES string of the molecule is Cl.Cl.OC(COc1c(F)cc(Br)cc1F)CN1CCN(c2ccc(F)cc2)CC1. The summed E-state index contributed by atoms with van der Waals surface area (Å²) in [6, 6.07) is 8.58. The second kappa shape index (κ2) is 11.9. The maximum absolute atomic E-state index is 13.7. The van der Waals surface area contributed by atoms with Crippen molar-refractivity contribution in [2.24, 2.45) is 0 Å². The molecule has 0 radical (unpaired) electrons. The normalized spacial score (nSPS) is 15.3. The Bertz CT molecular complexity index is 756. The zero-order valence-electron chi connectivity index (χ0n) is 15.4. The van der Waals surface area contributed by atoms with Crippen LogP contribution in [0, 0.1) is 17.5 Å². The Balaban J connectivity index is 0.00000210. The molecule has 1 N–H and O–H groups in total. The minimum absolute atomic E-state index is 0. The molecule has 1 fully saturated rings. The Kier molecular flexibility index (Phi) is 10.6. The molecule has 0 saturated carbocycles. The third-order valence-corrected chi connectivity index (χ3v) is 4.87. The average Bonchev–Trinajstić information content (AvgIpc) is 2.62. The van der Waals surface area contributed by atoms with Crippen molar-refractivity contribution in [2.45, 2.75) is 6.10 Å². The van der Waals surface area contributed by atoms with Gasteiger partial charge >= 0.3 is 0 Å². The van der Waals surface area contributed by atoms with Crippen LogP contribution in [0.5, 0.6) is 5.75 Å². The number of halogens is 6. The van der Waals surface area contributed by atoms with Crippen LogP contribution in [0.25, 0.3) is 0 Å². The van der Waals surface area contributed by atoms with Gasteiger partial charge in [-0.05, 0) is 36.4 Å². The molecule has 0 bridgehead atoms. The van der Waals surface area contributed by atoms with Gasteiger partial charge in [-0.3, -0.25) is 4.90 Å². The summed E-state index contributed by atoms with van der Waals surface area (Å²) in [5, 5.41) is 10.1. The summed E-state index contributed by atoms with van der Waals surface area (Å²) in [6.07, 6.45) is -0.871. The van der Waals surface area contributed by atoms with E-state index in [1.165, 1.54) is 12.1 Å². The van der Waals surface area contributed by atoms with Gasteiger partial charge in [-0.25, -0.2) is 13.2 Å². The van der Waals surface area contributed by atoms with E-state index in [1.807, 2.05) is 0 Å². The second-order valence-corrected chi connectivity index (χ2v) is 7.34. The molecule has 0 aliphatic carbocycles. The second-order valence-electron chi connectivity index (χ2n) is 6.43. The van der Waals surface area contributed by atoms with Crippen molar-refractivity contribution in [3.8, 4) is 5.75 Å². The molecule has 2 aromatic rings. The van der Waals surface area contributed by atoms with E-state index >= 15 is 0 Å². The van der Waals surface area contributed by atoms with Crippen molar-refractivity contribution in [1.82, 2.24) is 4.90 Å². The smallest absolute Gasteiger partial charge is 0.190 e. The molecule has 2 aromatic carbocycles. The molecule has 0 amide bonds. The number of hydrogen-bond donors (Lipinski definition) is 1. The molecule has 1 heterocycles. The van der Waals surface area contributed by atoms with Crippen LogP contribution in [0.4, 0.5) is 18.9 Å². The van der Waals surface area contributed by atoms with Gasteiger partial charge in [-0.1, -0.05) is 15.9 Å². The predicted octanol–water partition coefficient (Wildman–Crippen LogP) is 4.27. The molecule has 162 valence electrons. The van der Waals surface area contributed by atoms with Gasteiger partial charge in [0.15, 0.2) is 17.4 Å². The monoisotopic (exact) mass is 516 g/mol. The average molecular weight is 518 g/mol. The molecule has 3 rings (SSSR count). The number of anilines is 1. The number of ether oxygens (including phenoxy) is 1. The maximum atomic E-state index is 13.7. The van der Waals surface area contributed by atoms with E-state index in [4.69, 9.17) is 4.74 Å². The molecule has 0 spiro atoms. The molecule has 29 heavy (non-hydrogen) atoms. The summed E-state index contributed by atoms with van der Waals surface area (Å²) >= 11 is 3.00. The van der Waals surface area contributed by atoms with Gasteiger partial charge in [0.1, 0.15) is 18.5 Å². The van der Waals surface area contributed by atoms with Gasteiger partial charge in [0, 0.05) is 42.9 Å². The largest absolute Gasteiger partial charge is 0.485 e. The zero-order chi connectivity index (χ0) is 19.4. The highest BCUT2D eigenvalue weighted by atomic mass is 79.9. The first-order chi connectivity index (χ1) is 12.9. The van der Waals surface area contributed by atoms with Crippen LogP contribution in [0.1, 0.15) is 0 Å². The standard InChI is InChI=1S/C19H20BrF3N2O2.2ClH/c20-13-9-17(22)19(18(23)10-13)27-12-16(26)11-24-5-7-25(8-6-24)15-3-1-14(21)2-4-15;;/h1-4,9-10,16,26H,5-8,11-12H2;2*1H. The summed E-state index contributed by atoms with van der Waals surface area (Å²) in [4.78, 5) is 4.20. The number of piperazine rings is 1. The number of hydrogen-bond acceptors (Lipinski definition) is 4. The van der Waals surface area contributed by atoms with Crippen LogP contribution in [0.3, 0.4) is 0 Å². The lowest BCUT2D eigenvalue weighted by Gasteiger charge is -2.36. The Morgan fingerprint density at radius 1 is 0.966 bits per heavy atom. The van der Waals surface area contributed by atoms with Crippen molar-refractivity contribution in [3.63, 3.8) is 0 Å². The van der Waals surface area contributed by atoms with E-state index in [0.717, 1.165) is 44.0 Å². The van der Waals surface area contributed by atoms with Gasteiger partial charge < -0.3 is 14.7 Å². The van der Waals surface area contributed by atoms with Gasteiger partial charge in [0.2, 0.25) is 0 Å². The van der Waals surface area contributed by atoms with Crippen molar-refractivity contribution >= 4 is 46.4 Å². The lowest BCUT2D eigenvalue weighted by molar-refractivity contribution is 0.0634. The highest BCUT2D eigenvalue weighted by molar-refractivity contribution is 9.10. The lowest BCUT2D eigenvalue weighted by atomic mass is 10.2. The fraction of sp³-hybridized carbons (Fsp3) is 0.368. The number of nitrogens with zero attached hydrogens (tertiary/aromatic N) is 2. The van der Waals surface area contributed by atoms with Crippen LogP contribution in [0.15, 0.2) is 40.9 Å². The first-order valence-electron chi connectivity index (χ1n) is 8.60. The van der Waals surface area contributed by atoms with Crippen molar-refractivity contribution in [2.75, 3.05) is 44.2 Å². The molecule has 10 heteroatoms. The zero-order valence-corrected chi connectivity index (χ0v) is 18.6. The molecule has 4 nitrogen and oxygen atoms in total. The summed E-state index contributed by atoms with van der Waals surface area (Å²) in [5.74, 6) is -2.39. The molecule has 1 aliphatic rings. The molecule has 0 aromatic heterocycles. The van der Waals surface area contributed by atoms with E-state index < -0.39 is 23.5 Å². The van der Waals surface area contributed by atoms with Gasteiger partial charge in [0.25, 0.3) is 0 Å². The molecule has 1 atom stereocenters. The number of rotatable bonds is 6. The summed E-state index contributed by atoms with van der Waals surface area (Å²) in [6.45, 7) is 3.07. The number of benzene rings is 2. The Labute approximate surface area is 188 Å². The fourth-order valence-electron chi connectivity index (χ4n) is 3.04. The summed E-state index contributed by atoms with van der Waals surface area (Å²) in [7, 11) is 0. The lowest BCUT2D eigenvalue weighted by Crippen LogP contribution is -2.49. The molecule has 1 saturated heterocycles. The fourth-order valence-corrected chi connectivity index (χ4v) is 3.44. The first kappa shape index (κ1) is 25.8. The van der Waals surface area contributed by atoms with Crippen molar-refractivity contribution < 1.29 is 23.0 Å². The highest BCUT2D eigenvalue weighted by Gasteiger charge is 2.21. The number of aliphatic hydroxyl groups excluding tert-OH is 1. The van der Waals surface area contributed by atoms with Crippen molar-refractivity contribution in [1.29, 1.82) is 0 Å². The van der Waals surface area contributed by atoms with Gasteiger partial charge in [-0.15, -0.1) is 24.8 Å². The minimum Gasteiger partial charge on any atom is -0.485 e. The quantitative estimate of drug-likeness (QED) is 0.620. The van der Waals surface area contributed by atoms with E-state index in [2.05, 4.69) is 25.7 Å². The van der Waals surface area contributed by atoms with Crippen LogP contribution in [0.2, 0.25) is 0 Å². The van der Waals surface area contributed by atoms with E-state index in [0.29, 0.717) is 6.54 Å². The number of aliphatic hydroxyl groups is 1. The third-order valence-electron chi connectivity index (χ3n) is 4.42. The van der Waals surface area contributed by atoms with E-state index in [9.17, 15) is 18.3 Å². The first-order valence-corrected chi connectivity index (χ1v) is 9.40. The predicted molar refractivity (Wildman–Crippen MR) is 115 cm³/mol. The van der Waals surface area contributed by atoms with Crippen molar-refractivity contribution in [3.05, 3.63) is 58.3 Å². The van der Waals surface area contributed by atoms with Gasteiger partial charge in [-0.2, -0.15) is 0 Å². The maximum Gasteiger partial charge on any atom is 0.190 e. The van der Waals surface area contributed by atoms with Crippen LogP contribution in [-0.2, 0) is 0 Å². The minimum atomic E-state index is -0.871. The Hall–Kier alpha value is -1.19. The number of β-amino-alcohol motifs (C(OH)–C–C–N with tert-alkyl or cyclic N) is 1. The van der Waals surface area contributed by atoms with E-state index in [-0.39, 0.29) is 41.7 Å². The topological polar surface area (TPSA) is 35.9 Å². The highest BCUT2D eigenvalue weighted by Crippen LogP contribution is 2.26. The van der Waals surface area contributed by atoms with Crippen LogP contribution < -0.4 is 9.64 Å². The molecular weight excluding hydrogens is 496 g/mol.